The summed E-state index contributed by atoms with van der Waals surface area (Å²) >= 11 is 0. The molecule has 2 saturated heterocycles. The molecule has 2 aliphatic heterocycles. The number of nitrogens with zero attached hydrogens (tertiary/aromatic N) is 2. The lowest BCUT2D eigenvalue weighted by atomic mass is 9.71. The van der Waals surface area contributed by atoms with Crippen molar-refractivity contribution in [1.82, 2.24) is 36.1 Å². The highest BCUT2D eigenvalue weighted by Crippen LogP contribution is 2.45. The highest BCUT2D eigenvalue weighted by molar-refractivity contribution is 5.99. The molecule has 2 aromatic heterocycles. The Kier molecular flexibility index (Phi) is 29.7. The van der Waals surface area contributed by atoms with Crippen molar-refractivity contribution in [2.75, 3.05) is 33.2 Å². The average Bonchev–Trinajstić information content (AvgIpc) is 1.50. The van der Waals surface area contributed by atoms with Crippen molar-refractivity contribution in [2.24, 2.45) is 51.8 Å². The summed E-state index contributed by atoms with van der Waals surface area (Å²) in [6.07, 6.45) is 10.9. The Morgan fingerprint density at radius 3 is 1.91 bits per heavy atom. The quantitative estimate of drug-likeness (QED) is 0.0153. The van der Waals surface area contributed by atoms with Gasteiger partial charge in [0.1, 0.15) is 17.6 Å². The summed E-state index contributed by atoms with van der Waals surface area (Å²) in [7, 11) is 2.26. The largest absolute Gasteiger partial charge is 0.391 e. The number of aromatic amines is 2. The minimum atomic E-state index is -1.49. The number of amides is 3. The van der Waals surface area contributed by atoms with E-state index in [0.29, 0.717) is 87.0 Å². The predicted octanol–water partition coefficient (Wildman–Crippen LogP) is 10.1. The number of para-hydroxylation sites is 1. The number of benzene rings is 5. The number of likely N-dealkylation sites (N-methyl/N-ethyl adjacent to an activating group) is 1. The number of aliphatic imine (C=N–C) groups is 1. The van der Waals surface area contributed by atoms with Gasteiger partial charge >= 0.3 is 0 Å². The molecule has 0 bridgehead atoms. The Hall–Kier alpha value is -9.02. The van der Waals surface area contributed by atoms with Crippen molar-refractivity contribution < 1.29 is 47.9 Å². The normalized spacial score (nSPS) is 24.4. The Labute approximate surface area is 622 Å². The third-order valence-electron chi connectivity index (χ3n) is 22.3. The number of aliphatic hydroxyl groups excluding tert-OH is 1. The van der Waals surface area contributed by atoms with E-state index < -0.39 is 101 Å². The number of H-pyrrole nitrogens is 2. The van der Waals surface area contributed by atoms with Crippen molar-refractivity contribution in [3.63, 3.8) is 0 Å². The molecular formula is C85H110FN11O9. The molecule has 0 spiro atoms. The lowest BCUT2D eigenvalue weighted by Gasteiger charge is -2.45. The molecule has 4 heterocycles. The predicted molar refractivity (Wildman–Crippen MR) is 413 cm³/mol. The van der Waals surface area contributed by atoms with Gasteiger partial charge < -0.3 is 58.4 Å². The number of unbranched alkanes of at least 4 members (excludes halogenated alkanes) is 3. The lowest BCUT2D eigenvalue weighted by Crippen LogP contribution is -2.51. The highest BCUT2D eigenvalue weighted by atomic mass is 19.1. The number of aromatic nitrogens is 2. The number of aliphatic hydroxyl groups is 1. The molecule has 566 valence electrons. The standard InChI is InChI=1S/C85H110FN11O9/c1-54(98)81-79(103)49-61(41-57-34-36-65(86)37-35-57)75(99)33-13-5-12-31-70(90-39-18-6-11-25-58-43-68-67-29-19-32-71-80(67)64(52-93-71)46-74(68)97(2)53-58)76(100)47-60(27-20-40-91-85(88)89)82(104)94-72(44-56-23-9-4-10-24-56)78(102)50-62(42-55-21-7-3-8-22-55)84(106)95-73(45-63-51-92-69-30-15-14-28-66(63)69)77(101)48-59(83(105)96-81)26-16-17-38-87/h3-4,7-10,14-15,19,21-24,28-30,32,34-37,51-52,54,58-62,68,70,72-74,81,90,92-93,98H,5-6,11-13,16-18,20,25-27,31,33,38-50,53,87H2,1-2H3,(H,94,104)(H,95,106)(H,96,105)(H4,88,89,91)/t54-,58-,59-,60-,61-,62-,68-,70-,72+,73-,74-,81+/m1/s1. The van der Waals surface area contributed by atoms with Crippen molar-refractivity contribution in [3.8, 4) is 0 Å². The minimum absolute atomic E-state index is 0.0177. The van der Waals surface area contributed by atoms with Crippen molar-refractivity contribution >= 4 is 74.4 Å². The molecule has 1 aliphatic carbocycles. The van der Waals surface area contributed by atoms with Crippen LogP contribution in [0, 0.1) is 35.4 Å². The number of halogens is 1. The highest BCUT2D eigenvalue weighted by Gasteiger charge is 2.41. The first-order valence-corrected chi connectivity index (χ1v) is 38.7. The fourth-order valence-corrected chi connectivity index (χ4v) is 16.5. The zero-order valence-electron chi connectivity index (χ0n) is 61.7. The summed E-state index contributed by atoms with van der Waals surface area (Å²) in [4.78, 5) is 134. The van der Waals surface area contributed by atoms with Gasteiger partial charge in [-0.25, -0.2) is 4.39 Å². The second kappa shape index (κ2) is 39.5. The Morgan fingerprint density at radius 1 is 0.585 bits per heavy atom. The zero-order valence-corrected chi connectivity index (χ0v) is 61.7. The molecular weight excluding hydrogens is 1340 g/mol. The maximum absolute atomic E-state index is 15.5. The van der Waals surface area contributed by atoms with Crippen LogP contribution in [0.2, 0.25) is 0 Å². The summed E-state index contributed by atoms with van der Waals surface area (Å²) in [6.45, 7) is 3.42. The van der Waals surface area contributed by atoms with E-state index in [1.54, 1.807) is 18.3 Å². The number of fused-ring (bicyclic) bond motifs is 3. The van der Waals surface area contributed by atoms with Gasteiger partial charge in [-0.1, -0.05) is 135 Å². The van der Waals surface area contributed by atoms with Crippen molar-refractivity contribution in [3.05, 3.63) is 179 Å². The molecule has 0 radical (unpaired) electrons. The van der Waals surface area contributed by atoms with Gasteiger partial charge in [-0.3, -0.25) is 43.3 Å². The number of carbonyl (C=O) groups excluding carboxylic acids is 8. The minimum Gasteiger partial charge on any atom is -0.391 e. The Morgan fingerprint density at radius 2 is 1.19 bits per heavy atom. The molecule has 13 N–H and O–H groups in total. The van der Waals surface area contributed by atoms with Crippen LogP contribution in [0.3, 0.4) is 0 Å². The molecule has 7 aromatic rings. The first-order valence-electron chi connectivity index (χ1n) is 38.7. The molecule has 21 heteroatoms. The maximum atomic E-state index is 15.5. The number of ketones is 5. The summed E-state index contributed by atoms with van der Waals surface area (Å²) in [5, 5.41) is 26.1. The molecule has 20 nitrogen and oxygen atoms in total. The first-order chi connectivity index (χ1) is 51.3. The van der Waals surface area contributed by atoms with Crippen LogP contribution in [-0.4, -0.2) is 142 Å². The second-order valence-corrected chi connectivity index (χ2v) is 30.3. The molecule has 2 fully saturated rings. The van der Waals surface area contributed by atoms with Gasteiger partial charge in [0.2, 0.25) is 17.7 Å². The molecule has 3 aliphatic rings. The maximum Gasteiger partial charge on any atom is 0.224 e. The number of guanidine groups is 1. The van der Waals surface area contributed by atoms with E-state index in [4.69, 9.17) is 17.2 Å². The topological polar surface area (TPSA) is 330 Å². The lowest BCUT2D eigenvalue weighted by molar-refractivity contribution is -0.136. The zero-order chi connectivity index (χ0) is 75.1. The van der Waals surface area contributed by atoms with Crippen LogP contribution >= 0.6 is 0 Å². The number of Topliss-reactive ketones (excluding diaryl/α,β-unsaturated/α-hetero) is 5. The number of rotatable bonds is 24. The van der Waals surface area contributed by atoms with Crippen LogP contribution in [0.4, 0.5) is 4.39 Å². The van der Waals surface area contributed by atoms with Gasteiger partial charge in [0.25, 0.3) is 0 Å². The monoisotopic (exact) mass is 1450 g/mol. The third kappa shape index (κ3) is 22.5. The molecule has 12 atom stereocenters. The van der Waals surface area contributed by atoms with Gasteiger partial charge in [0.05, 0.1) is 24.2 Å². The summed E-state index contributed by atoms with van der Waals surface area (Å²) in [5.41, 5.74) is 25.1. The van der Waals surface area contributed by atoms with E-state index in [-0.39, 0.29) is 88.3 Å². The van der Waals surface area contributed by atoms with E-state index in [9.17, 15) is 23.9 Å². The number of hydrogen-bond acceptors (Lipinski definition) is 13. The van der Waals surface area contributed by atoms with Gasteiger partial charge in [-0.15, -0.1) is 0 Å². The Balaban J connectivity index is 0.946. The van der Waals surface area contributed by atoms with Gasteiger partial charge in [-0.05, 0) is 174 Å². The first kappa shape index (κ1) is 79.5. The summed E-state index contributed by atoms with van der Waals surface area (Å²) < 4.78 is 14.3. The van der Waals surface area contributed by atoms with Crippen LogP contribution in [0.1, 0.15) is 168 Å². The summed E-state index contributed by atoms with van der Waals surface area (Å²) in [5.74, 6) is -7.46. The van der Waals surface area contributed by atoms with E-state index in [1.807, 2.05) is 84.9 Å². The molecule has 0 saturated carbocycles. The fraction of sp³-hybridized carbons (Fsp3) is 0.494. The number of likely N-dealkylation sites (tertiary alicyclic amines) is 1. The Bertz CT molecular complexity index is 4100. The van der Waals surface area contributed by atoms with Crippen molar-refractivity contribution in [1.29, 1.82) is 0 Å². The van der Waals surface area contributed by atoms with Crippen molar-refractivity contribution in [2.45, 2.75) is 203 Å². The van der Waals surface area contributed by atoms with Crippen LogP contribution < -0.4 is 38.5 Å². The number of carbonyl (C=O) groups is 8. The van der Waals surface area contributed by atoms with E-state index in [0.717, 1.165) is 67.1 Å². The van der Waals surface area contributed by atoms with E-state index >= 15 is 24.0 Å². The van der Waals surface area contributed by atoms with Gasteiger partial charge in [0, 0.05) is 121 Å². The number of nitrogens with two attached hydrogens (primary N) is 3. The molecule has 5 aromatic carbocycles. The molecule has 106 heavy (non-hydrogen) atoms. The third-order valence-corrected chi connectivity index (χ3v) is 22.3. The van der Waals surface area contributed by atoms with Gasteiger partial charge in [-0.2, -0.15) is 0 Å². The number of nitrogens with one attached hydrogen (secondary N) is 6. The SMILES string of the molecule is C[C@@H](O)[C@@H]1NC(=O)[C@H](CCCCN)CC(=O)[C@@H](Cc2c[nH]c3ccccc23)NC(=O)[C@H](Cc2ccccc2)CC(=O)[C@H](Cc2ccccc2)NC(=O)[C@H](CCCN=C(N)N)CC(=O)[C@H](NCCCCC[C@@H]2C[C@@H]3c4cccc5[nH]cc(c45)C[C@H]3N(C)C2)CCCCCC(=O)[C@H](Cc2ccc(F)cc2)CC1=O. The summed E-state index contributed by atoms with van der Waals surface area (Å²) in [6, 6.07) is 34.1. The van der Waals surface area contributed by atoms with Gasteiger partial charge in [0.15, 0.2) is 29.1 Å². The van der Waals surface area contributed by atoms with Crippen LogP contribution in [-0.2, 0) is 70.5 Å². The average molecular weight is 1450 g/mol. The van der Waals surface area contributed by atoms with E-state index in [2.05, 4.69) is 72.6 Å². The van der Waals surface area contributed by atoms with Crippen LogP contribution in [0.15, 0.2) is 145 Å². The molecule has 0 unspecified atom stereocenters. The number of piperidine rings is 1. The fourth-order valence-electron chi connectivity index (χ4n) is 16.5. The second-order valence-electron chi connectivity index (χ2n) is 30.3. The smallest absolute Gasteiger partial charge is 0.224 e. The van der Waals surface area contributed by atoms with Crippen LogP contribution in [0.25, 0.3) is 21.8 Å². The molecule has 3 amide bonds. The van der Waals surface area contributed by atoms with E-state index in [1.165, 1.54) is 41.1 Å². The van der Waals surface area contributed by atoms with Crippen LogP contribution in [0.5, 0.6) is 0 Å². The molecule has 10 rings (SSSR count). The number of hydrogen-bond donors (Lipinski definition) is 10.